The molecule has 0 heterocycles. The highest BCUT2D eigenvalue weighted by atomic mass is 16.5. The first-order valence-electron chi connectivity index (χ1n) is 7.29. The van der Waals surface area contributed by atoms with Crippen LogP contribution in [0.2, 0.25) is 0 Å². The molecule has 1 unspecified atom stereocenters. The van der Waals surface area contributed by atoms with Gasteiger partial charge in [0.2, 0.25) is 0 Å². The fourth-order valence-electron chi connectivity index (χ4n) is 2.19. The molecule has 0 saturated carbocycles. The van der Waals surface area contributed by atoms with Gasteiger partial charge in [-0.2, -0.15) is 0 Å². The van der Waals surface area contributed by atoms with Crippen LogP contribution in [-0.4, -0.2) is 13.2 Å². The van der Waals surface area contributed by atoms with Crippen LogP contribution in [0.3, 0.4) is 0 Å². The van der Waals surface area contributed by atoms with Crippen LogP contribution < -0.4 is 15.2 Å². The van der Waals surface area contributed by atoms with E-state index in [1.807, 2.05) is 30.3 Å². The fourth-order valence-corrected chi connectivity index (χ4v) is 2.19. The van der Waals surface area contributed by atoms with Crippen LogP contribution >= 0.6 is 0 Å². The minimum absolute atomic E-state index is 0.217. The van der Waals surface area contributed by atoms with Gasteiger partial charge in [-0.3, -0.25) is 0 Å². The minimum Gasteiger partial charge on any atom is -0.497 e. The first kappa shape index (κ1) is 15.4. The van der Waals surface area contributed by atoms with Gasteiger partial charge in [-0.05, 0) is 55.2 Å². The van der Waals surface area contributed by atoms with E-state index in [4.69, 9.17) is 15.2 Å². The molecular weight excluding hydrogens is 262 g/mol. The summed E-state index contributed by atoms with van der Waals surface area (Å²) in [6.07, 6.45) is 1.89. The van der Waals surface area contributed by atoms with Crippen molar-refractivity contribution in [3.63, 3.8) is 0 Å². The summed E-state index contributed by atoms with van der Waals surface area (Å²) in [5.41, 5.74) is 8.51. The smallest absolute Gasteiger partial charge is 0.131 e. The number of hydrogen-bond donors (Lipinski definition) is 1. The topological polar surface area (TPSA) is 44.5 Å². The third kappa shape index (κ3) is 4.23. The van der Waals surface area contributed by atoms with E-state index in [0.717, 1.165) is 30.1 Å². The Morgan fingerprint density at radius 3 is 2.43 bits per heavy atom. The van der Waals surface area contributed by atoms with E-state index < -0.39 is 0 Å². The summed E-state index contributed by atoms with van der Waals surface area (Å²) in [5, 5.41) is 0. The van der Waals surface area contributed by atoms with E-state index in [9.17, 15) is 0 Å². The minimum atomic E-state index is 0.217. The summed E-state index contributed by atoms with van der Waals surface area (Å²) < 4.78 is 11.1. The molecule has 2 rings (SSSR count). The highest BCUT2D eigenvalue weighted by Gasteiger charge is 2.06. The second-order valence-electron chi connectivity index (χ2n) is 5.24. The average molecular weight is 285 g/mol. The Morgan fingerprint density at radius 1 is 1.05 bits per heavy atom. The Hall–Kier alpha value is -2.00. The Bertz CT molecular complexity index is 596. The first-order valence-corrected chi connectivity index (χ1v) is 7.29. The number of ether oxygens (including phenoxy) is 2. The molecule has 0 amide bonds. The number of methoxy groups -OCH3 is 1. The quantitative estimate of drug-likeness (QED) is 0.870. The van der Waals surface area contributed by atoms with Crippen LogP contribution in [-0.2, 0) is 6.42 Å². The summed E-state index contributed by atoms with van der Waals surface area (Å²) in [7, 11) is 1.65. The zero-order chi connectivity index (χ0) is 15.2. The number of nitrogens with two attached hydrogens (primary N) is 1. The van der Waals surface area contributed by atoms with Crippen molar-refractivity contribution in [2.24, 2.45) is 5.73 Å². The maximum atomic E-state index is 6.02. The van der Waals surface area contributed by atoms with Gasteiger partial charge in [-0.1, -0.05) is 19.1 Å². The maximum Gasteiger partial charge on any atom is 0.131 e. The largest absolute Gasteiger partial charge is 0.497 e. The van der Waals surface area contributed by atoms with E-state index in [1.54, 1.807) is 7.11 Å². The van der Waals surface area contributed by atoms with Gasteiger partial charge in [0.25, 0.3) is 0 Å². The second-order valence-corrected chi connectivity index (χ2v) is 5.24. The summed E-state index contributed by atoms with van der Waals surface area (Å²) in [6.45, 7) is 4.20. The van der Waals surface area contributed by atoms with Crippen molar-refractivity contribution >= 4 is 0 Å². The van der Waals surface area contributed by atoms with Gasteiger partial charge in [0.05, 0.1) is 7.11 Å². The molecule has 3 nitrogen and oxygen atoms in total. The Balaban J connectivity index is 2.12. The van der Waals surface area contributed by atoms with Gasteiger partial charge in [0, 0.05) is 12.1 Å². The molecule has 0 aliphatic carbocycles. The molecule has 1 atom stereocenters. The molecule has 2 aromatic rings. The molecule has 3 heteroatoms. The van der Waals surface area contributed by atoms with Gasteiger partial charge < -0.3 is 15.2 Å². The Kier molecular flexibility index (Phi) is 5.23. The van der Waals surface area contributed by atoms with Crippen LogP contribution in [0.1, 0.15) is 24.5 Å². The summed E-state index contributed by atoms with van der Waals surface area (Å²) in [4.78, 5) is 0. The fraction of sp³-hybridized carbons (Fsp3) is 0.333. The molecule has 2 aromatic carbocycles. The number of rotatable bonds is 6. The molecule has 0 aliphatic heterocycles. The molecule has 0 spiro atoms. The predicted molar refractivity (Wildman–Crippen MR) is 86.2 cm³/mol. The van der Waals surface area contributed by atoms with E-state index in [2.05, 4.69) is 26.0 Å². The van der Waals surface area contributed by atoms with Gasteiger partial charge in [-0.25, -0.2) is 0 Å². The van der Waals surface area contributed by atoms with Crippen molar-refractivity contribution in [2.45, 2.75) is 32.7 Å². The van der Waals surface area contributed by atoms with E-state index in [0.29, 0.717) is 0 Å². The normalized spacial score (nSPS) is 12.0. The lowest BCUT2D eigenvalue weighted by atomic mass is 10.00. The molecule has 0 saturated heterocycles. The lowest BCUT2D eigenvalue weighted by Gasteiger charge is -2.13. The molecule has 0 bridgehead atoms. The van der Waals surface area contributed by atoms with Gasteiger partial charge in [0.1, 0.15) is 17.2 Å². The van der Waals surface area contributed by atoms with Crippen molar-refractivity contribution in [1.82, 2.24) is 0 Å². The van der Waals surface area contributed by atoms with Crippen molar-refractivity contribution < 1.29 is 9.47 Å². The van der Waals surface area contributed by atoms with Crippen molar-refractivity contribution in [1.29, 1.82) is 0 Å². The van der Waals surface area contributed by atoms with Crippen LogP contribution in [0.25, 0.3) is 0 Å². The molecule has 21 heavy (non-hydrogen) atoms. The average Bonchev–Trinajstić information content (AvgIpc) is 2.50. The SMILES string of the molecule is CCC(N)Cc1ccc(Oc2cccc(OC)c2)cc1C. The highest BCUT2D eigenvalue weighted by molar-refractivity contribution is 5.40. The number of hydrogen-bond acceptors (Lipinski definition) is 3. The lowest BCUT2D eigenvalue weighted by molar-refractivity contribution is 0.409. The lowest BCUT2D eigenvalue weighted by Crippen LogP contribution is -2.21. The Labute approximate surface area is 126 Å². The molecule has 2 N–H and O–H groups in total. The van der Waals surface area contributed by atoms with Crippen LogP contribution in [0.15, 0.2) is 42.5 Å². The van der Waals surface area contributed by atoms with E-state index in [-0.39, 0.29) is 6.04 Å². The maximum absolute atomic E-state index is 6.02. The molecule has 0 fully saturated rings. The van der Waals surface area contributed by atoms with Crippen molar-refractivity contribution in [2.75, 3.05) is 7.11 Å². The van der Waals surface area contributed by atoms with Gasteiger partial charge >= 0.3 is 0 Å². The van der Waals surface area contributed by atoms with E-state index >= 15 is 0 Å². The summed E-state index contributed by atoms with van der Waals surface area (Å²) >= 11 is 0. The van der Waals surface area contributed by atoms with Gasteiger partial charge in [0.15, 0.2) is 0 Å². The highest BCUT2D eigenvalue weighted by Crippen LogP contribution is 2.27. The molecule has 112 valence electrons. The zero-order valence-corrected chi connectivity index (χ0v) is 12.9. The van der Waals surface area contributed by atoms with Crippen molar-refractivity contribution in [3.8, 4) is 17.2 Å². The summed E-state index contributed by atoms with van der Waals surface area (Å²) in [6, 6.07) is 14.0. The van der Waals surface area contributed by atoms with Crippen molar-refractivity contribution in [3.05, 3.63) is 53.6 Å². The standard InChI is InChI=1S/C18H23NO2/c1-4-15(19)11-14-8-9-18(10-13(14)2)21-17-7-5-6-16(12-17)20-3/h5-10,12,15H,4,11,19H2,1-3H3. The number of aryl methyl sites for hydroxylation is 1. The van der Waals surface area contributed by atoms with Crippen LogP contribution in [0.4, 0.5) is 0 Å². The first-order chi connectivity index (χ1) is 10.1. The molecule has 0 aliphatic rings. The van der Waals surface area contributed by atoms with Gasteiger partial charge in [-0.15, -0.1) is 0 Å². The van der Waals surface area contributed by atoms with E-state index in [1.165, 1.54) is 11.1 Å². The third-order valence-corrected chi connectivity index (χ3v) is 3.60. The molecule has 0 aromatic heterocycles. The second kappa shape index (κ2) is 7.14. The third-order valence-electron chi connectivity index (χ3n) is 3.60. The van der Waals surface area contributed by atoms with Crippen LogP contribution in [0.5, 0.6) is 17.2 Å². The molecular formula is C18H23NO2. The summed E-state index contributed by atoms with van der Waals surface area (Å²) in [5.74, 6) is 2.39. The monoisotopic (exact) mass is 285 g/mol. The molecule has 0 radical (unpaired) electrons. The number of benzene rings is 2. The zero-order valence-electron chi connectivity index (χ0n) is 12.9. The Morgan fingerprint density at radius 2 is 1.76 bits per heavy atom. The van der Waals surface area contributed by atoms with Crippen LogP contribution in [0, 0.1) is 6.92 Å². The predicted octanol–water partition coefficient (Wildman–Crippen LogP) is 4.08.